The number of hydrogen-bond donors (Lipinski definition) is 1. The molecule has 3 aromatic carbocycles. The summed E-state index contributed by atoms with van der Waals surface area (Å²) in [7, 11) is -2.20. The van der Waals surface area contributed by atoms with Crippen molar-refractivity contribution in [3.05, 3.63) is 96.1 Å². The molecule has 1 aliphatic heterocycles. The van der Waals surface area contributed by atoms with Gasteiger partial charge in [0.25, 0.3) is 5.91 Å². The minimum atomic E-state index is -3.74. The van der Waals surface area contributed by atoms with E-state index in [-0.39, 0.29) is 21.8 Å². The molecule has 3 aromatic rings. The van der Waals surface area contributed by atoms with Crippen LogP contribution in [0.3, 0.4) is 0 Å². The van der Waals surface area contributed by atoms with Crippen LogP contribution < -0.4 is 10.1 Å². The average molecular weight is 505 g/mol. The number of para-hydroxylation sites is 1. The molecule has 0 spiro atoms. The molecule has 1 N–H and O–H groups in total. The number of carbonyl (C=O) groups is 1. The highest BCUT2D eigenvalue weighted by Crippen LogP contribution is 2.46. The van der Waals surface area contributed by atoms with Crippen molar-refractivity contribution in [2.24, 2.45) is 11.1 Å². The molecule has 1 heterocycles. The van der Waals surface area contributed by atoms with Crippen molar-refractivity contribution in [2.75, 3.05) is 13.7 Å². The SMILES string of the molecule is COc1ccccc1C(=O)NCC1(c2ccccc2)CCC2C(S(=O)(=O)c3ccccc3)=NOC2C1. The normalized spacial score (nSPS) is 23.2. The lowest BCUT2D eigenvalue weighted by molar-refractivity contribution is 0.0121. The smallest absolute Gasteiger partial charge is 0.255 e. The van der Waals surface area contributed by atoms with E-state index >= 15 is 0 Å². The van der Waals surface area contributed by atoms with Gasteiger partial charge >= 0.3 is 0 Å². The van der Waals surface area contributed by atoms with Gasteiger partial charge in [-0.15, -0.1) is 0 Å². The van der Waals surface area contributed by atoms with Crippen molar-refractivity contribution >= 4 is 20.8 Å². The molecule has 1 aliphatic carbocycles. The Morgan fingerprint density at radius 2 is 1.69 bits per heavy atom. The highest BCUT2D eigenvalue weighted by atomic mass is 32.2. The van der Waals surface area contributed by atoms with Crippen LogP contribution in [0, 0.1) is 5.92 Å². The largest absolute Gasteiger partial charge is 0.496 e. The van der Waals surface area contributed by atoms with Gasteiger partial charge in [-0.25, -0.2) is 8.42 Å². The Balaban J connectivity index is 1.39. The second-order valence-electron chi connectivity index (χ2n) is 9.27. The summed E-state index contributed by atoms with van der Waals surface area (Å²) in [5, 5.41) is 7.27. The molecule has 7 nitrogen and oxygen atoms in total. The van der Waals surface area contributed by atoms with Crippen LogP contribution in [-0.2, 0) is 20.1 Å². The third kappa shape index (κ3) is 4.37. The lowest BCUT2D eigenvalue weighted by Gasteiger charge is -2.42. The van der Waals surface area contributed by atoms with E-state index in [2.05, 4.69) is 10.5 Å². The Kier molecular flexibility index (Phi) is 6.53. The number of rotatable bonds is 6. The zero-order chi connectivity index (χ0) is 25.2. The number of ether oxygens (including phenoxy) is 1. The van der Waals surface area contributed by atoms with Crippen LogP contribution >= 0.6 is 0 Å². The van der Waals surface area contributed by atoms with Crippen LogP contribution in [0.4, 0.5) is 0 Å². The maximum atomic E-state index is 13.3. The number of fused-ring (bicyclic) bond motifs is 1. The zero-order valence-corrected chi connectivity index (χ0v) is 20.8. The van der Waals surface area contributed by atoms with E-state index in [4.69, 9.17) is 9.57 Å². The van der Waals surface area contributed by atoms with Crippen LogP contribution in [0.2, 0.25) is 0 Å². The Morgan fingerprint density at radius 3 is 2.42 bits per heavy atom. The third-order valence-electron chi connectivity index (χ3n) is 7.22. The summed E-state index contributed by atoms with van der Waals surface area (Å²) in [6, 6.07) is 25.4. The molecule has 0 aromatic heterocycles. The van der Waals surface area contributed by atoms with Crippen molar-refractivity contribution in [1.82, 2.24) is 5.32 Å². The topological polar surface area (TPSA) is 94.1 Å². The number of sulfone groups is 1. The minimum Gasteiger partial charge on any atom is -0.496 e. The molecular weight excluding hydrogens is 476 g/mol. The van der Waals surface area contributed by atoms with E-state index in [1.54, 1.807) is 48.5 Å². The molecule has 5 rings (SSSR count). The molecule has 1 fully saturated rings. The predicted octanol–water partition coefficient (Wildman–Crippen LogP) is 4.35. The number of hydrogen-bond acceptors (Lipinski definition) is 6. The first-order valence-corrected chi connectivity index (χ1v) is 13.4. The van der Waals surface area contributed by atoms with E-state index in [0.29, 0.717) is 37.1 Å². The van der Waals surface area contributed by atoms with Gasteiger partial charge in [-0.05, 0) is 49.1 Å². The van der Waals surface area contributed by atoms with Gasteiger partial charge < -0.3 is 14.9 Å². The molecule has 8 heteroatoms. The van der Waals surface area contributed by atoms with Crippen molar-refractivity contribution in [3.63, 3.8) is 0 Å². The lowest BCUT2D eigenvalue weighted by Crippen LogP contribution is -2.48. The first-order chi connectivity index (χ1) is 17.4. The Bertz CT molecular complexity index is 1380. The van der Waals surface area contributed by atoms with E-state index in [1.807, 2.05) is 36.4 Å². The van der Waals surface area contributed by atoms with Crippen LogP contribution in [0.25, 0.3) is 0 Å². The molecule has 186 valence electrons. The number of amides is 1. The summed E-state index contributed by atoms with van der Waals surface area (Å²) in [4.78, 5) is 19.1. The van der Waals surface area contributed by atoms with Gasteiger partial charge in [-0.3, -0.25) is 4.79 Å². The molecular formula is C28H28N2O5S. The maximum Gasteiger partial charge on any atom is 0.255 e. The monoisotopic (exact) mass is 504 g/mol. The van der Waals surface area contributed by atoms with E-state index < -0.39 is 21.4 Å². The molecule has 0 bridgehead atoms. The highest BCUT2D eigenvalue weighted by molar-refractivity contribution is 8.06. The molecule has 1 amide bonds. The Labute approximate surface area is 211 Å². The highest BCUT2D eigenvalue weighted by Gasteiger charge is 2.50. The number of oxime groups is 1. The van der Waals surface area contributed by atoms with Gasteiger partial charge in [-0.2, -0.15) is 0 Å². The van der Waals surface area contributed by atoms with E-state index in [1.165, 1.54) is 7.11 Å². The molecule has 0 radical (unpaired) electrons. The van der Waals surface area contributed by atoms with Crippen LogP contribution in [0.1, 0.15) is 35.2 Å². The Morgan fingerprint density at radius 1 is 1.03 bits per heavy atom. The molecule has 3 unspecified atom stereocenters. The number of benzene rings is 3. The van der Waals surface area contributed by atoms with Gasteiger partial charge in [0, 0.05) is 12.0 Å². The second kappa shape index (κ2) is 9.78. The zero-order valence-electron chi connectivity index (χ0n) is 20.0. The fraction of sp³-hybridized carbons (Fsp3) is 0.286. The van der Waals surface area contributed by atoms with Crippen LogP contribution in [0.15, 0.2) is 95.0 Å². The molecule has 36 heavy (non-hydrogen) atoms. The molecule has 2 aliphatic rings. The maximum absolute atomic E-state index is 13.3. The number of methoxy groups -OCH3 is 1. The second-order valence-corrected chi connectivity index (χ2v) is 11.2. The van der Waals surface area contributed by atoms with Gasteiger partial charge in [0.15, 0.2) is 5.04 Å². The first-order valence-electron chi connectivity index (χ1n) is 12.0. The van der Waals surface area contributed by atoms with Crippen molar-refractivity contribution in [2.45, 2.75) is 35.7 Å². The van der Waals surface area contributed by atoms with Crippen molar-refractivity contribution < 1.29 is 22.8 Å². The summed E-state index contributed by atoms with van der Waals surface area (Å²) < 4.78 is 31.9. The Hall–Kier alpha value is -3.65. The lowest BCUT2D eigenvalue weighted by atomic mass is 9.65. The van der Waals surface area contributed by atoms with Gasteiger partial charge in [0.2, 0.25) is 9.84 Å². The summed E-state index contributed by atoms with van der Waals surface area (Å²) in [5.74, 6) is -0.0338. The third-order valence-corrected chi connectivity index (χ3v) is 9.04. The number of nitrogens with one attached hydrogen (secondary N) is 1. The standard InChI is InChI=1S/C28H28N2O5S/c1-34-24-15-9-8-14-22(24)26(31)29-19-28(20-10-4-2-5-11-20)17-16-23-25(18-28)35-30-27(23)36(32,33)21-12-6-3-7-13-21/h2-15,23,25H,16-19H2,1H3,(H,29,31). The average Bonchev–Trinajstić information content (AvgIpc) is 3.36. The van der Waals surface area contributed by atoms with Crippen molar-refractivity contribution in [1.29, 1.82) is 0 Å². The van der Waals surface area contributed by atoms with Crippen LogP contribution in [-0.4, -0.2) is 39.1 Å². The summed E-state index contributed by atoms with van der Waals surface area (Å²) >= 11 is 0. The fourth-order valence-corrected chi connectivity index (χ4v) is 6.86. The molecule has 0 saturated heterocycles. The number of carbonyl (C=O) groups excluding carboxylic acids is 1. The minimum absolute atomic E-state index is 0.0958. The van der Waals surface area contributed by atoms with Crippen molar-refractivity contribution in [3.8, 4) is 5.75 Å². The molecule has 3 atom stereocenters. The summed E-state index contributed by atoms with van der Waals surface area (Å²) in [5.41, 5.74) is 1.11. The quantitative estimate of drug-likeness (QED) is 0.539. The van der Waals surface area contributed by atoms with E-state index in [9.17, 15) is 13.2 Å². The molecule has 1 saturated carbocycles. The summed E-state index contributed by atoms with van der Waals surface area (Å²) in [6.07, 6.45) is 1.40. The predicted molar refractivity (Wildman–Crippen MR) is 137 cm³/mol. The summed E-state index contributed by atoms with van der Waals surface area (Å²) in [6.45, 7) is 0.376. The van der Waals surface area contributed by atoms with Crippen LogP contribution in [0.5, 0.6) is 5.75 Å². The first kappa shape index (κ1) is 24.1. The van der Waals surface area contributed by atoms with Gasteiger partial charge in [0.05, 0.1) is 23.5 Å². The number of nitrogens with zero attached hydrogens (tertiary/aromatic N) is 1. The van der Waals surface area contributed by atoms with Gasteiger partial charge in [-0.1, -0.05) is 65.8 Å². The van der Waals surface area contributed by atoms with E-state index in [0.717, 1.165) is 5.56 Å². The van der Waals surface area contributed by atoms with Gasteiger partial charge in [0.1, 0.15) is 11.9 Å². The fourth-order valence-electron chi connectivity index (χ4n) is 5.29.